The van der Waals surface area contributed by atoms with Crippen molar-refractivity contribution in [2.45, 2.75) is 20.3 Å². The third-order valence-corrected chi connectivity index (χ3v) is 4.19. The summed E-state index contributed by atoms with van der Waals surface area (Å²) >= 11 is 1.58. The van der Waals surface area contributed by atoms with Gasteiger partial charge in [-0.15, -0.1) is 11.3 Å². The van der Waals surface area contributed by atoms with Crippen LogP contribution in [-0.2, 0) is 6.42 Å². The second-order valence-corrected chi connectivity index (χ2v) is 5.48. The van der Waals surface area contributed by atoms with Gasteiger partial charge in [-0.05, 0) is 26.0 Å². The summed E-state index contributed by atoms with van der Waals surface area (Å²) in [6.45, 7) is 4.55. The van der Waals surface area contributed by atoms with Gasteiger partial charge in [0.15, 0.2) is 4.96 Å². The molecule has 4 nitrogen and oxygen atoms in total. The van der Waals surface area contributed by atoms with Crippen molar-refractivity contribution >= 4 is 16.3 Å². The molecule has 0 saturated carbocycles. The van der Waals surface area contributed by atoms with E-state index in [4.69, 9.17) is 10.00 Å². The molecule has 106 valence electrons. The Morgan fingerprint density at radius 1 is 1.38 bits per heavy atom. The number of para-hydroxylation sites is 1. The number of benzene rings is 1. The molecule has 3 rings (SSSR count). The summed E-state index contributed by atoms with van der Waals surface area (Å²) in [5.74, 6) is 0.856. The zero-order valence-corrected chi connectivity index (χ0v) is 12.8. The lowest BCUT2D eigenvalue weighted by atomic mass is 10.1. The Labute approximate surface area is 127 Å². The molecule has 0 fully saturated rings. The largest absolute Gasteiger partial charge is 0.493 e. The molecule has 0 aliphatic carbocycles. The Morgan fingerprint density at radius 3 is 2.95 bits per heavy atom. The summed E-state index contributed by atoms with van der Waals surface area (Å²) in [4.78, 5) is 5.46. The van der Waals surface area contributed by atoms with E-state index in [1.54, 1.807) is 11.3 Å². The highest BCUT2D eigenvalue weighted by atomic mass is 32.1. The number of aryl methyl sites for hydroxylation is 1. The number of thiazole rings is 1. The molecule has 0 bridgehead atoms. The summed E-state index contributed by atoms with van der Waals surface area (Å²) < 4.78 is 7.79. The Balaban J connectivity index is 2.24. The van der Waals surface area contributed by atoms with E-state index in [2.05, 4.69) is 20.8 Å². The third-order valence-electron chi connectivity index (χ3n) is 3.37. The second-order valence-electron chi connectivity index (χ2n) is 4.65. The topological polar surface area (TPSA) is 50.3 Å². The number of hydrogen-bond donors (Lipinski definition) is 0. The minimum Gasteiger partial charge on any atom is -0.493 e. The van der Waals surface area contributed by atoms with E-state index in [9.17, 15) is 0 Å². The number of hydrogen-bond acceptors (Lipinski definition) is 4. The average molecular weight is 297 g/mol. The Hall–Kier alpha value is -2.32. The minimum absolute atomic E-state index is 0.355. The van der Waals surface area contributed by atoms with E-state index in [1.807, 2.05) is 38.1 Å². The standard InChI is InChI=1S/C16H15N3OS/c1-3-20-15-7-5-4-6-12(15)14-10-21-16-18-11(2)13(8-9-17)19(14)16/h4-7,10H,3,8H2,1-2H3. The van der Waals surface area contributed by atoms with Gasteiger partial charge in [0.25, 0.3) is 0 Å². The number of nitrogens with zero attached hydrogens (tertiary/aromatic N) is 3. The number of fused-ring (bicyclic) bond motifs is 1. The van der Waals surface area contributed by atoms with Crippen LogP contribution in [-0.4, -0.2) is 16.0 Å². The normalized spacial score (nSPS) is 10.7. The molecule has 0 amide bonds. The van der Waals surface area contributed by atoms with Crippen LogP contribution in [0.25, 0.3) is 16.2 Å². The lowest BCUT2D eigenvalue weighted by Crippen LogP contribution is -1.98. The predicted octanol–water partition coefficient (Wildman–Crippen LogP) is 3.84. The summed E-state index contributed by atoms with van der Waals surface area (Å²) in [5.41, 5.74) is 3.93. The van der Waals surface area contributed by atoms with Gasteiger partial charge in [0.2, 0.25) is 0 Å². The molecule has 0 aliphatic heterocycles. The first-order valence-electron chi connectivity index (χ1n) is 6.80. The van der Waals surface area contributed by atoms with Crippen LogP contribution in [0.5, 0.6) is 5.75 Å². The molecule has 5 heteroatoms. The lowest BCUT2D eigenvalue weighted by Gasteiger charge is -2.10. The SMILES string of the molecule is CCOc1ccccc1-c1csc2nc(C)c(CC#N)n12. The first-order chi connectivity index (χ1) is 10.3. The first kappa shape index (κ1) is 13.7. The van der Waals surface area contributed by atoms with Gasteiger partial charge in [-0.1, -0.05) is 12.1 Å². The maximum atomic E-state index is 9.05. The van der Waals surface area contributed by atoms with Gasteiger partial charge >= 0.3 is 0 Å². The molecule has 0 N–H and O–H groups in total. The van der Waals surface area contributed by atoms with Crippen LogP contribution in [0.1, 0.15) is 18.3 Å². The number of rotatable bonds is 4. The van der Waals surface area contributed by atoms with Crippen molar-refractivity contribution in [3.8, 4) is 23.1 Å². The van der Waals surface area contributed by atoms with Crippen LogP contribution in [0.2, 0.25) is 0 Å². The van der Waals surface area contributed by atoms with Gasteiger partial charge in [0.1, 0.15) is 5.75 Å². The molecule has 21 heavy (non-hydrogen) atoms. The van der Waals surface area contributed by atoms with Crippen molar-refractivity contribution in [1.29, 1.82) is 5.26 Å². The first-order valence-corrected chi connectivity index (χ1v) is 7.68. The molecular formula is C16H15N3OS. The van der Waals surface area contributed by atoms with E-state index in [0.717, 1.165) is 33.4 Å². The van der Waals surface area contributed by atoms with E-state index in [-0.39, 0.29) is 0 Å². The Bertz CT molecular complexity index is 826. The molecule has 1 aromatic carbocycles. The smallest absolute Gasteiger partial charge is 0.194 e. The van der Waals surface area contributed by atoms with Gasteiger partial charge in [0, 0.05) is 10.9 Å². The molecule has 0 saturated heterocycles. The summed E-state index contributed by atoms with van der Waals surface area (Å²) in [6, 6.07) is 10.2. The molecular weight excluding hydrogens is 282 g/mol. The Morgan fingerprint density at radius 2 is 2.19 bits per heavy atom. The zero-order valence-electron chi connectivity index (χ0n) is 12.0. The molecule has 2 aromatic heterocycles. The van der Waals surface area contributed by atoms with Crippen molar-refractivity contribution in [2.75, 3.05) is 6.61 Å². The van der Waals surface area contributed by atoms with Crippen LogP contribution in [0.15, 0.2) is 29.6 Å². The average Bonchev–Trinajstić information content (AvgIpc) is 3.01. The molecule has 0 spiro atoms. The van der Waals surface area contributed by atoms with Crippen LogP contribution < -0.4 is 4.74 Å². The number of ether oxygens (including phenoxy) is 1. The van der Waals surface area contributed by atoms with E-state index in [1.165, 1.54) is 0 Å². The van der Waals surface area contributed by atoms with Crippen molar-refractivity contribution < 1.29 is 4.74 Å². The number of nitriles is 1. The predicted molar refractivity (Wildman–Crippen MR) is 83.7 cm³/mol. The van der Waals surface area contributed by atoms with Crippen molar-refractivity contribution in [3.63, 3.8) is 0 Å². The second kappa shape index (κ2) is 5.58. The number of imidazole rings is 1. The molecule has 0 atom stereocenters. The summed E-state index contributed by atoms with van der Waals surface area (Å²) in [6.07, 6.45) is 0.355. The molecule has 0 aliphatic rings. The van der Waals surface area contributed by atoms with Gasteiger partial charge in [-0.2, -0.15) is 5.26 Å². The van der Waals surface area contributed by atoms with Crippen LogP contribution in [0, 0.1) is 18.3 Å². The van der Waals surface area contributed by atoms with Crippen LogP contribution in [0.3, 0.4) is 0 Å². The van der Waals surface area contributed by atoms with Gasteiger partial charge in [0.05, 0.1) is 36.2 Å². The van der Waals surface area contributed by atoms with Crippen molar-refractivity contribution in [1.82, 2.24) is 9.38 Å². The maximum Gasteiger partial charge on any atom is 0.194 e. The summed E-state index contributed by atoms with van der Waals surface area (Å²) in [5, 5.41) is 11.1. The summed E-state index contributed by atoms with van der Waals surface area (Å²) in [7, 11) is 0. The fourth-order valence-corrected chi connectivity index (χ4v) is 3.40. The van der Waals surface area contributed by atoms with E-state index in [0.29, 0.717) is 13.0 Å². The third kappa shape index (κ3) is 2.28. The van der Waals surface area contributed by atoms with Crippen LogP contribution >= 0.6 is 11.3 Å². The van der Waals surface area contributed by atoms with Crippen LogP contribution in [0.4, 0.5) is 0 Å². The molecule has 3 aromatic rings. The molecule has 0 radical (unpaired) electrons. The number of aromatic nitrogens is 2. The van der Waals surface area contributed by atoms with Gasteiger partial charge in [-0.3, -0.25) is 4.40 Å². The van der Waals surface area contributed by atoms with Crippen molar-refractivity contribution in [2.24, 2.45) is 0 Å². The Kier molecular flexibility index (Phi) is 3.63. The van der Waals surface area contributed by atoms with Crippen molar-refractivity contribution in [3.05, 3.63) is 41.0 Å². The van der Waals surface area contributed by atoms with Gasteiger partial charge < -0.3 is 4.74 Å². The zero-order chi connectivity index (χ0) is 14.8. The molecule has 0 unspecified atom stereocenters. The quantitative estimate of drug-likeness (QED) is 0.735. The highest BCUT2D eigenvalue weighted by Gasteiger charge is 2.17. The van der Waals surface area contributed by atoms with Gasteiger partial charge in [-0.25, -0.2) is 4.98 Å². The maximum absolute atomic E-state index is 9.05. The lowest BCUT2D eigenvalue weighted by molar-refractivity contribution is 0.341. The minimum atomic E-state index is 0.355. The van der Waals surface area contributed by atoms with E-state index < -0.39 is 0 Å². The monoisotopic (exact) mass is 297 g/mol. The highest BCUT2D eigenvalue weighted by Crippen LogP contribution is 2.34. The fraction of sp³-hybridized carbons (Fsp3) is 0.250. The molecule has 2 heterocycles. The fourth-order valence-electron chi connectivity index (χ4n) is 2.45. The highest BCUT2D eigenvalue weighted by molar-refractivity contribution is 7.15. The van der Waals surface area contributed by atoms with E-state index >= 15 is 0 Å².